The third-order valence-electron chi connectivity index (χ3n) is 2.99. The van der Waals surface area contributed by atoms with E-state index in [9.17, 15) is 0 Å². The molecule has 0 aromatic rings. The van der Waals surface area contributed by atoms with Crippen LogP contribution in [0, 0.1) is 5.92 Å². The van der Waals surface area contributed by atoms with Gasteiger partial charge < -0.3 is 10.2 Å². The second-order valence-corrected chi connectivity index (χ2v) is 3.59. The van der Waals surface area contributed by atoms with Crippen molar-refractivity contribution in [3.05, 3.63) is 0 Å². The first-order chi connectivity index (χ1) is 6.88. The molecule has 0 spiro atoms. The standard InChI is InChI=1S/C8H16N2.2C2H6/c1-10-5-3-7-6-9-4-2-8(7)10;2*1-2/h7-9H,2-6H2,1H3;2*1-2H3. The summed E-state index contributed by atoms with van der Waals surface area (Å²) in [6.45, 7) is 11.8. The van der Waals surface area contributed by atoms with Gasteiger partial charge in [-0.3, -0.25) is 0 Å². The van der Waals surface area contributed by atoms with Gasteiger partial charge in [-0.2, -0.15) is 0 Å². The van der Waals surface area contributed by atoms with Crippen molar-refractivity contribution in [3.63, 3.8) is 0 Å². The minimum Gasteiger partial charge on any atom is -0.316 e. The lowest BCUT2D eigenvalue weighted by Crippen LogP contribution is -2.42. The molecule has 0 aromatic heterocycles. The zero-order valence-corrected chi connectivity index (χ0v) is 10.6. The van der Waals surface area contributed by atoms with Crippen LogP contribution in [-0.4, -0.2) is 37.6 Å². The fraction of sp³-hybridized carbons (Fsp3) is 1.00. The summed E-state index contributed by atoms with van der Waals surface area (Å²) in [6, 6.07) is 0.904. The molecule has 2 heteroatoms. The molecule has 0 aliphatic carbocycles. The number of nitrogens with one attached hydrogen (secondary N) is 1. The Morgan fingerprint density at radius 3 is 2.29 bits per heavy atom. The summed E-state index contributed by atoms with van der Waals surface area (Å²) in [6.07, 6.45) is 2.77. The predicted octanol–water partition coefficient (Wildman–Crippen LogP) is 2.35. The summed E-state index contributed by atoms with van der Waals surface area (Å²) in [5, 5.41) is 3.45. The maximum absolute atomic E-state index is 3.45. The van der Waals surface area contributed by atoms with E-state index in [0.29, 0.717) is 0 Å². The highest BCUT2D eigenvalue weighted by Gasteiger charge is 2.32. The van der Waals surface area contributed by atoms with Gasteiger partial charge in [0.15, 0.2) is 0 Å². The Labute approximate surface area is 90.1 Å². The van der Waals surface area contributed by atoms with Crippen molar-refractivity contribution in [1.82, 2.24) is 10.2 Å². The molecule has 86 valence electrons. The number of hydrogen-bond acceptors (Lipinski definition) is 2. The first-order valence-electron chi connectivity index (χ1n) is 6.29. The van der Waals surface area contributed by atoms with Crippen LogP contribution in [0.25, 0.3) is 0 Å². The normalized spacial score (nSPS) is 30.6. The second-order valence-electron chi connectivity index (χ2n) is 3.59. The van der Waals surface area contributed by atoms with E-state index in [1.807, 2.05) is 27.7 Å². The maximum atomic E-state index is 3.45. The number of likely N-dealkylation sites (tertiary alicyclic amines) is 1. The molecule has 14 heavy (non-hydrogen) atoms. The fourth-order valence-electron chi connectivity index (χ4n) is 2.32. The van der Waals surface area contributed by atoms with Gasteiger partial charge in [0.1, 0.15) is 0 Å². The highest BCUT2D eigenvalue weighted by molar-refractivity contribution is 4.89. The van der Waals surface area contributed by atoms with Crippen LogP contribution in [0.15, 0.2) is 0 Å². The molecule has 2 nitrogen and oxygen atoms in total. The lowest BCUT2D eigenvalue weighted by molar-refractivity contribution is 0.225. The summed E-state index contributed by atoms with van der Waals surface area (Å²) in [7, 11) is 2.26. The lowest BCUT2D eigenvalue weighted by Gasteiger charge is -2.29. The first-order valence-corrected chi connectivity index (χ1v) is 6.29. The van der Waals surface area contributed by atoms with Gasteiger partial charge in [0.2, 0.25) is 0 Å². The van der Waals surface area contributed by atoms with Crippen molar-refractivity contribution in [2.24, 2.45) is 5.92 Å². The van der Waals surface area contributed by atoms with Crippen molar-refractivity contribution in [2.75, 3.05) is 26.7 Å². The highest BCUT2D eigenvalue weighted by Crippen LogP contribution is 2.26. The topological polar surface area (TPSA) is 15.3 Å². The SMILES string of the molecule is CC.CC.CN1CCC2CNCCC21. The summed E-state index contributed by atoms with van der Waals surface area (Å²) in [5.74, 6) is 0.957. The second kappa shape index (κ2) is 8.25. The zero-order valence-electron chi connectivity index (χ0n) is 10.6. The van der Waals surface area contributed by atoms with Crippen molar-refractivity contribution >= 4 is 0 Å². The van der Waals surface area contributed by atoms with E-state index in [-0.39, 0.29) is 0 Å². The van der Waals surface area contributed by atoms with Gasteiger partial charge in [-0.1, -0.05) is 27.7 Å². The minimum atomic E-state index is 0.904. The van der Waals surface area contributed by atoms with E-state index in [0.717, 1.165) is 12.0 Å². The molecular weight excluding hydrogens is 172 g/mol. The third-order valence-corrected chi connectivity index (χ3v) is 2.99. The van der Waals surface area contributed by atoms with Gasteiger partial charge in [0.25, 0.3) is 0 Å². The summed E-state index contributed by atoms with van der Waals surface area (Å²) < 4.78 is 0. The molecule has 0 radical (unpaired) electrons. The monoisotopic (exact) mass is 200 g/mol. The Morgan fingerprint density at radius 1 is 1.07 bits per heavy atom. The van der Waals surface area contributed by atoms with Crippen LogP contribution in [0.4, 0.5) is 0 Å². The number of rotatable bonds is 0. The summed E-state index contributed by atoms with van der Waals surface area (Å²) >= 11 is 0. The molecule has 0 amide bonds. The van der Waals surface area contributed by atoms with Crippen LogP contribution in [0.5, 0.6) is 0 Å². The van der Waals surface area contributed by atoms with Gasteiger partial charge in [-0.05, 0) is 45.4 Å². The predicted molar refractivity (Wildman–Crippen MR) is 64.7 cm³/mol. The van der Waals surface area contributed by atoms with Crippen molar-refractivity contribution in [2.45, 2.75) is 46.6 Å². The van der Waals surface area contributed by atoms with E-state index in [1.165, 1.54) is 32.5 Å². The Bertz CT molecular complexity index is 123. The number of hydrogen-bond donors (Lipinski definition) is 1. The molecule has 2 saturated heterocycles. The van der Waals surface area contributed by atoms with Crippen LogP contribution < -0.4 is 5.32 Å². The minimum absolute atomic E-state index is 0.904. The van der Waals surface area contributed by atoms with Crippen molar-refractivity contribution < 1.29 is 0 Å². The fourth-order valence-corrected chi connectivity index (χ4v) is 2.32. The molecular formula is C12H28N2. The van der Waals surface area contributed by atoms with Crippen LogP contribution in [0.2, 0.25) is 0 Å². The molecule has 2 heterocycles. The average molecular weight is 200 g/mol. The van der Waals surface area contributed by atoms with Gasteiger partial charge >= 0.3 is 0 Å². The lowest BCUT2D eigenvalue weighted by atomic mass is 9.94. The van der Waals surface area contributed by atoms with Crippen molar-refractivity contribution in [3.8, 4) is 0 Å². The van der Waals surface area contributed by atoms with Crippen LogP contribution in [-0.2, 0) is 0 Å². The largest absolute Gasteiger partial charge is 0.316 e. The van der Waals surface area contributed by atoms with Gasteiger partial charge in [-0.15, -0.1) is 0 Å². The summed E-state index contributed by atoms with van der Waals surface area (Å²) in [5.41, 5.74) is 0. The Hall–Kier alpha value is -0.0800. The molecule has 0 aromatic carbocycles. The van der Waals surface area contributed by atoms with Gasteiger partial charge in [0, 0.05) is 6.04 Å². The summed E-state index contributed by atoms with van der Waals surface area (Å²) in [4.78, 5) is 2.52. The number of piperidine rings is 1. The number of fused-ring (bicyclic) bond motifs is 1. The quantitative estimate of drug-likeness (QED) is 0.646. The Kier molecular flexibility index (Phi) is 8.20. The molecule has 2 unspecified atom stereocenters. The highest BCUT2D eigenvalue weighted by atomic mass is 15.2. The van der Waals surface area contributed by atoms with Crippen molar-refractivity contribution in [1.29, 1.82) is 0 Å². The van der Waals surface area contributed by atoms with Crippen LogP contribution in [0.3, 0.4) is 0 Å². The van der Waals surface area contributed by atoms with E-state index < -0.39 is 0 Å². The maximum Gasteiger partial charge on any atom is 0.0145 e. The van der Waals surface area contributed by atoms with E-state index in [2.05, 4.69) is 17.3 Å². The Balaban J connectivity index is 0.000000379. The smallest absolute Gasteiger partial charge is 0.0145 e. The Morgan fingerprint density at radius 2 is 1.71 bits per heavy atom. The first kappa shape index (κ1) is 13.9. The molecule has 2 aliphatic heterocycles. The molecule has 2 fully saturated rings. The average Bonchev–Trinajstić information content (AvgIpc) is 2.67. The molecule has 0 saturated carbocycles. The zero-order chi connectivity index (χ0) is 11.0. The number of nitrogens with zero attached hydrogens (tertiary/aromatic N) is 1. The molecule has 2 rings (SSSR count). The molecule has 2 aliphatic rings. The molecule has 2 atom stereocenters. The van der Waals surface area contributed by atoms with Gasteiger partial charge in [0.05, 0.1) is 0 Å². The third kappa shape index (κ3) is 3.58. The molecule has 1 N–H and O–H groups in total. The van der Waals surface area contributed by atoms with E-state index >= 15 is 0 Å². The van der Waals surface area contributed by atoms with E-state index in [4.69, 9.17) is 0 Å². The van der Waals surface area contributed by atoms with Gasteiger partial charge in [-0.25, -0.2) is 0 Å². The molecule has 0 bridgehead atoms. The van der Waals surface area contributed by atoms with Crippen LogP contribution >= 0.6 is 0 Å². The van der Waals surface area contributed by atoms with E-state index in [1.54, 1.807) is 0 Å². The van der Waals surface area contributed by atoms with Crippen LogP contribution in [0.1, 0.15) is 40.5 Å².